The van der Waals surface area contributed by atoms with Gasteiger partial charge in [0.15, 0.2) is 0 Å². The Kier molecular flexibility index (Phi) is 5.77. The number of hydrogen-bond donors (Lipinski definition) is 1. The van der Waals surface area contributed by atoms with Crippen molar-refractivity contribution >= 4 is 33.4 Å². The average molecular weight is 316 g/mol. The molecule has 20 heavy (non-hydrogen) atoms. The van der Waals surface area contributed by atoms with Gasteiger partial charge in [0, 0.05) is 22.9 Å². The van der Waals surface area contributed by atoms with Crippen molar-refractivity contribution in [1.82, 2.24) is 5.32 Å². The van der Waals surface area contributed by atoms with E-state index in [-0.39, 0.29) is 11.7 Å². The number of halogens is 1. The van der Waals surface area contributed by atoms with E-state index in [1.54, 1.807) is 32.1 Å². The smallest absolute Gasteiger partial charge is 0.247 e. The summed E-state index contributed by atoms with van der Waals surface area (Å²) in [7, 11) is -3.12. The second-order valence-electron chi connectivity index (χ2n) is 4.82. The lowest BCUT2D eigenvalue weighted by molar-refractivity contribution is -0.117. The maximum Gasteiger partial charge on any atom is 0.247 e. The van der Waals surface area contributed by atoms with Crippen molar-refractivity contribution < 1.29 is 13.2 Å². The van der Waals surface area contributed by atoms with Gasteiger partial charge in [-0.3, -0.25) is 4.79 Å². The lowest BCUT2D eigenvalue weighted by Gasteiger charge is -2.13. The van der Waals surface area contributed by atoms with E-state index in [9.17, 15) is 13.2 Å². The van der Waals surface area contributed by atoms with Crippen molar-refractivity contribution in [3.63, 3.8) is 0 Å². The molecule has 0 fully saturated rings. The predicted molar refractivity (Wildman–Crippen MR) is 82.4 cm³/mol. The topological polar surface area (TPSA) is 63.2 Å². The van der Waals surface area contributed by atoms with E-state index in [0.717, 1.165) is 11.8 Å². The molecule has 1 rings (SSSR count). The first-order valence-corrected chi connectivity index (χ1v) is 8.54. The van der Waals surface area contributed by atoms with Crippen LogP contribution in [0.1, 0.15) is 19.4 Å². The van der Waals surface area contributed by atoms with Crippen LogP contribution >= 0.6 is 11.6 Å². The molecule has 0 unspecified atom stereocenters. The first kappa shape index (κ1) is 16.7. The lowest BCUT2D eigenvalue weighted by Crippen LogP contribution is -2.37. The fraction of sp³-hybridized carbons (Fsp3) is 0.357. The Balaban J connectivity index is 2.75. The fourth-order valence-corrected chi connectivity index (χ4v) is 2.91. The van der Waals surface area contributed by atoms with Crippen LogP contribution in [0.4, 0.5) is 0 Å². The van der Waals surface area contributed by atoms with E-state index in [1.165, 1.54) is 0 Å². The molecule has 6 heteroatoms. The van der Waals surface area contributed by atoms with Crippen molar-refractivity contribution in [1.29, 1.82) is 0 Å². The van der Waals surface area contributed by atoms with E-state index in [0.29, 0.717) is 10.6 Å². The maximum atomic E-state index is 11.9. The third kappa shape index (κ3) is 5.75. The number of sulfone groups is 1. The number of nitrogens with one attached hydrogen (secondary N) is 1. The van der Waals surface area contributed by atoms with Crippen LogP contribution in [-0.2, 0) is 14.6 Å². The summed E-state index contributed by atoms with van der Waals surface area (Å²) in [6.07, 6.45) is 2.81. The van der Waals surface area contributed by atoms with Crippen LogP contribution in [0.5, 0.6) is 0 Å². The van der Waals surface area contributed by atoms with Gasteiger partial charge in [0.25, 0.3) is 0 Å². The van der Waals surface area contributed by atoms with Crippen molar-refractivity contribution in [3.05, 3.63) is 40.4 Å². The number of rotatable bonds is 5. The summed E-state index contributed by atoms with van der Waals surface area (Å²) in [4.78, 5) is 11.9. The third-order valence-electron chi connectivity index (χ3n) is 2.57. The summed E-state index contributed by atoms with van der Waals surface area (Å²) in [5.41, 5.74) is 1.22. The SMILES string of the molecule is C/C(=C\c1ccccc1Cl)C(=O)N[C@H](C)CS(C)(=O)=O. The number of amides is 1. The third-order valence-corrected chi connectivity index (χ3v) is 4.02. The molecule has 0 aliphatic carbocycles. The first-order chi connectivity index (χ1) is 9.19. The van der Waals surface area contributed by atoms with E-state index < -0.39 is 15.9 Å². The summed E-state index contributed by atoms with van der Waals surface area (Å²) in [6.45, 7) is 3.31. The zero-order chi connectivity index (χ0) is 15.3. The largest absolute Gasteiger partial charge is 0.349 e. The van der Waals surface area contributed by atoms with Crippen molar-refractivity contribution in [2.75, 3.05) is 12.0 Å². The van der Waals surface area contributed by atoms with Gasteiger partial charge in [-0.2, -0.15) is 0 Å². The quantitative estimate of drug-likeness (QED) is 0.848. The Bertz CT molecular complexity index is 623. The number of carbonyl (C=O) groups excluding carboxylic acids is 1. The molecule has 0 bridgehead atoms. The van der Waals surface area contributed by atoms with E-state index >= 15 is 0 Å². The number of hydrogen-bond acceptors (Lipinski definition) is 3. The van der Waals surface area contributed by atoms with Gasteiger partial charge in [-0.1, -0.05) is 29.8 Å². The van der Waals surface area contributed by atoms with Crippen LogP contribution < -0.4 is 5.32 Å². The highest BCUT2D eigenvalue weighted by Crippen LogP contribution is 2.18. The van der Waals surface area contributed by atoms with Crippen LogP contribution in [0, 0.1) is 0 Å². The minimum absolute atomic E-state index is 0.0852. The van der Waals surface area contributed by atoms with Gasteiger partial charge in [0.1, 0.15) is 9.84 Å². The van der Waals surface area contributed by atoms with Gasteiger partial charge in [-0.25, -0.2) is 8.42 Å². The van der Waals surface area contributed by atoms with Gasteiger partial charge < -0.3 is 5.32 Å². The maximum absolute atomic E-state index is 11.9. The highest BCUT2D eigenvalue weighted by atomic mass is 35.5. The Morgan fingerprint density at radius 3 is 2.55 bits per heavy atom. The molecular formula is C14H18ClNO3S. The summed E-state index contributed by atoms with van der Waals surface area (Å²) in [5, 5.41) is 3.21. The molecule has 0 saturated carbocycles. The van der Waals surface area contributed by atoms with E-state index in [2.05, 4.69) is 5.32 Å². The minimum atomic E-state index is -3.12. The average Bonchev–Trinajstić information content (AvgIpc) is 2.29. The molecular weight excluding hydrogens is 298 g/mol. The second kappa shape index (κ2) is 6.90. The number of carbonyl (C=O) groups is 1. The molecule has 1 atom stereocenters. The lowest BCUT2D eigenvalue weighted by atomic mass is 10.1. The van der Waals surface area contributed by atoms with Gasteiger partial charge in [-0.05, 0) is 31.6 Å². The second-order valence-corrected chi connectivity index (χ2v) is 7.41. The van der Waals surface area contributed by atoms with Crippen LogP contribution in [0.15, 0.2) is 29.8 Å². The normalized spacial score (nSPS) is 13.9. The van der Waals surface area contributed by atoms with Crippen LogP contribution in [0.2, 0.25) is 5.02 Å². The summed E-state index contributed by atoms with van der Waals surface area (Å²) < 4.78 is 22.3. The van der Waals surface area contributed by atoms with Gasteiger partial charge in [0.05, 0.1) is 5.75 Å². The predicted octanol–water partition coefficient (Wildman–Crippen LogP) is 2.29. The molecule has 4 nitrogen and oxygen atoms in total. The Morgan fingerprint density at radius 2 is 2.00 bits per heavy atom. The summed E-state index contributed by atoms with van der Waals surface area (Å²) in [5.74, 6) is -0.390. The molecule has 1 aromatic rings. The monoisotopic (exact) mass is 315 g/mol. The highest BCUT2D eigenvalue weighted by Gasteiger charge is 2.14. The molecule has 0 spiro atoms. The molecule has 0 heterocycles. The molecule has 0 aromatic heterocycles. The van der Waals surface area contributed by atoms with Gasteiger partial charge in [0.2, 0.25) is 5.91 Å². The Morgan fingerprint density at radius 1 is 1.40 bits per heavy atom. The molecule has 0 aliphatic heterocycles. The van der Waals surface area contributed by atoms with E-state index in [4.69, 9.17) is 11.6 Å². The Labute approximate surface area is 124 Å². The van der Waals surface area contributed by atoms with Crippen molar-refractivity contribution in [2.45, 2.75) is 19.9 Å². The molecule has 110 valence electrons. The van der Waals surface area contributed by atoms with Crippen LogP contribution in [0.3, 0.4) is 0 Å². The van der Waals surface area contributed by atoms with Crippen molar-refractivity contribution in [3.8, 4) is 0 Å². The molecule has 0 aliphatic rings. The van der Waals surface area contributed by atoms with E-state index in [1.807, 2.05) is 12.1 Å². The molecule has 1 amide bonds. The summed E-state index contributed by atoms with van der Waals surface area (Å²) >= 11 is 6.01. The molecule has 1 N–H and O–H groups in total. The highest BCUT2D eigenvalue weighted by molar-refractivity contribution is 7.90. The number of benzene rings is 1. The molecule has 1 aromatic carbocycles. The Hall–Kier alpha value is -1.33. The van der Waals surface area contributed by atoms with Gasteiger partial charge in [-0.15, -0.1) is 0 Å². The zero-order valence-corrected chi connectivity index (χ0v) is 13.3. The zero-order valence-electron chi connectivity index (χ0n) is 11.7. The molecule has 0 saturated heterocycles. The standard InChI is InChI=1S/C14H18ClNO3S/c1-10(8-12-6-4-5-7-13(12)15)14(17)16-11(2)9-20(3,18)19/h4-8,11H,9H2,1-3H3,(H,16,17)/b10-8+/t11-/m1/s1. The van der Waals surface area contributed by atoms with Crippen molar-refractivity contribution in [2.24, 2.45) is 0 Å². The first-order valence-electron chi connectivity index (χ1n) is 6.10. The fourth-order valence-electron chi connectivity index (χ4n) is 1.72. The molecule has 0 radical (unpaired) electrons. The van der Waals surface area contributed by atoms with Crippen LogP contribution in [0.25, 0.3) is 6.08 Å². The van der Waals surface area contributed by atoms with Crippen LogP contribution in [-0.4, -0.2) is 32.4 Å². The van der Waals surface area contributed by atoms with Gasteiger partial charge >= 0.3 is 0 Å². The summed E-state index contributed by atoms with van der Waals surface area (Å²) in [6, 6.07) is 6.75. The minimum Gasteiger partial charge on any atom is -0.349 e.